The molecule has 9 heteroatoms. The van der Waals surface area contributed by atoms with Crippen LogP contribution in [0.2, 0.25) is 0 Å². The topological polar surface area (TPSA) is 147 Å². The van der Waals surface area contributed by atoms with Crippen LogP contribution in [-0.4, -0.2) is 30.3 Å². The summed E-state index contributed by atoms with van der Waals surface area (Å²) in [5.41, 5.74) is 8.29. The molecule has 190 valence electrons. The highest BCUT2D eigenvalue weighted by Gasteiger charge is 2.26. The molecule has 0 heterocycles. The van der Waals surface area contributed by atoms with Crippen LogP contribution in [0.5, 0.6) is 5.75 Å². The highest BCUT2D eigenvalue weighted by Crippen LogP contribution is 2.34. The number of para-hydroxylation sites is 3. The summed E-state index contributed by atoms with van der Waals surface area (Å²) in [5, 5.41) is 23.5. The van der Waals surface area contributed by atoms with Crippen molar-refractivity contribution in [2.45, 2.75) is 13.0 Å². The van der Waals surface area contributed by atoms with Crippen molar-refractivity contribution in [3.63, 3.8) is 0 Å². The summed E-state index contributed by atoms with van der Waals surface area (Å²) in [6.45, 7) is 1.67. The van der Waals surface area contributed by atoms with Crippen molar-refractivity contribution in [1.29, 1.82) is 5.26 Å². The SMILES string of the molecule is C[C@H](/C=C/C(=O)Nc1ccccc1N)[C@H](OC(=O)Nc1ccc(C#N)cc1)c1ccccc1OCCO. The molecule has 0 bridgehead atoms. The molecule has 3 aromatic rings. The molecule has 5 N–H and O–H groups in total. The molecule has 0 fully saturated rings. The number of nitrogen functional groups attached to an aromatic ring is 1. The lowest BCUT2D eigenvalue weighted by Gasteiger charge is -2.25. The predicted octanol–water partition coefficient (Wildman–Crippen LogP) is 4.63. The number of aliphatic hydroxyl groups is 1. The second-order valence-electron chi connectivity index (χ2n) is 8.04. The van der Waals surface area contributed by atoms with E-state index in [2.05, 4.69) is 10.6 Å². The Bertz CT molecular complexity index is 1280. The molecular formula is C28H28N4O5. The van der Waals surface area contributed by atoms with Gasteiger partial charge in [-0.1, -0.05) is 43.3 Å². The van der Waals surface area contributed by atoms with Crippen LogP contribution in [0, 0.1) is 17.2 Å². The first-order valence-corrected chi connectivity index (χ1v) is 11.6. The van der Waals surface area contributed by atoms with E-state index in [9.17, 15) is 14.7 Å². The normalized spacial score (nSPS) is 12.2. The highest BCUT2D eigenvalue weighted by atomic mass is 16.6. The molecule has 0 unspecified atom stereocenters. The molecule has 0 spiro atoms. The average Bonchev–Trinajstić information content (AvgIpc) is 2.91. The Morgan fingerprint density at radius 3 is 2.46 bits per heavy atom. The lowest BCUT2D eigenvalue weighted by molar-refractivity contribution is -0.111. The number of ether oxygens (including phenoxy) is 2. The molecule has 3 aromatic carbocycles. The van der Waals surface area contributed by atoms with Gasteiger partial charge in [-0.05, 0) is 48.5 Å². The van der Waals surface area contributed by atoms with E-state index in [4.69, 9.17) is 20.5 Å². The molecule has 9 nitrogen and oxygen atoms in total. The van der Waals surface area contributed by atoms with Gasteiger partial charge in [0.15, 0.2) is 0 Å². The van der Waals surface area contributed by atoms with Crippen LogP contribution in [-0.2, 0) is 9.53 Å². The van der Waals surface area contributed by atoms with Gasteiger partial charge in [-0.3, -0.25) is 10.1 Å². The van der Waals surface area contributed by atoms with Crippen LogP contribution in [0.15, 0.2) is 84.9 Å². The number of carbonyl (C=O) groups is 2. The third-order valence-electron chi connectivity index (χ3n) is 5.32. The minimum atomic E-state index is -0.834. The van der Waals surface area contributed by atoms with Gasteiger partial charge in [0, 0.05) is 17.2 Å². The number of aliphatic hydroxyl groups excluding tert-OH is 1. The van der Waals surface area contributed by atoms with Crippen LogP contribution in [0.3, 0.4) is 0 Å². The molecular weight excluding hydrogens is 472 g/mol. The Morgan fingerprint density at radius 1 is 1.05 bits per heavy atom. The quantitative estimate of drug-likeness (QED) is 0.234. The summed E-state index contributed by atoms with van der Waals surface area (Å²) in [5.74, 6) is -0.408. The second-order valence-corrected chi connectivity index (χ2v) is 8.04. The number of nitrogens with zero attached hydrogens (tertiary/aromatic N) is 1. The van der Waals surface area contributed by atoms with E-state index in [0.717, 1.165) is 0 Å². The minimum absolute atomic E-state index is 0.0618. The van der Waals surface area contributed by atoms with Gasteiger partial charge in [0.1, 0.15) is 18.5 Å². The summed E-state index contributed by atoms with van der Waals surface area (Å²) in [6.07, 6.45) is 1.41. The number of amides is 2. The van der Waals surface area contributed by atoms with Crippen molar-refractivity contribution in [2.75, 3.05) is 29.6 Å². The van der Waals surface area contributed by atoms with Crippen LogP contribution in [0.1, 0.15) is 24.2 Å². The number of nitrogens with one attached hydrogen (secondary N) is 2. The fourth-order valence-corrected chi connectivity index (χ4v) is 3.47. The molecule has 0 aromatic heterocycles. The Hall–Kier alpha value is -4.81. The van der Waals surface area contributed by atoms with E-state index in [0.29, 0.717) is 33.9 Å². The molecule has 2 amide bonds. The standard InChI is InChI=1S/C28H28N4O5/c1-19(10-15-26(34)32-24-8-4-3-7-23(24)30)27(22-6-2-5-9-25(22)36-17-16-33)37-28(35)31-21-13-11-20(18-29)12-14-21/h2-15,19,27,33H,16-17,30H2,1H3,(H,31,35)(H,32,34)/b15-10+/t19-,27+/m1/s1. The molecule has 0 aliphatic rings. The van der Waals surface area contributed by atoms with Gasteiger partial charge in [-0.2, -0.15) is 5.26 Å². The summed E-state index contributed by atoms with van der Waals surface area (Å²) in [6, 6.07) is 22.3. The van der Waals surface area contributed by atoms with E-state index < -0.39 is 24.0 Å². The second kappa shape index (κ2) is 13.3. The van der Waals surface area contributed by atoms with E-state index in [1.807, 2.05) is 6.07 Å². The van der Waals surface area contributed by atoms with Crippen LogP contribution >= 0.6 is 0 Å². The number of nitrogens with two attached hydrogens (primary N) is 1. The number of nitriles is 1. The van der Waals surface area contributed by atoms with Gasteiger partial charge >= 0.3 is 6.09 Å². The lowest BCUT2D eigenvalue weighted by atomic mass is 9.95. The van der Waals surface area contributed by atoms with Gasteiger partial charge in [0.05, 0.1) is 29.6 Å². The smallest absolute Gasteiger partial charge is 0.412 e. The summed E-state index contributed by atoms with van der Waals surface area (Å²) >= 11 is 0. The Kier molecular flexibility index (Phi) is 9.65. The number of carbonyl (C=O) groups excluding carboxylic acids is 2. The maximum atomic E-state index is 12.8. The summed E-state index contributed by atoms with van der Waals surface area (Å²) in [4.78, 5) is 25.3. The Labute approximate surface area is 215 Å². The molecule has 0 aliphatic heterocycles. The molecule has 3 rings (SSSR count). The number of hydrogen-bond donors (Lipinski definition) is 4. The van der Waals surface area contributed by atoms with Gasteiger partial charge < -0.3 is 25.6 Å². The first kappa shape index (κ1) is 26.8. The maximum Gasteiger partial charge on any atom is 0.412 e. The van der Waals surface area contributed by atoms with E-state index in [1.54, 1.807) is 85.8 Å². The first-order valence-electron chi connectivity index (χ1n) is 11.6. The van der Waals surface area contributed by atoms with Gasteiger partial charge in [-0.25, -0.2) is 4.79 Å². The van der Waals surface area contributed by atoms with Crippen LogP contribution in [0.4, 0.5) is 21.9 Å². The molecule has 0 aliphatic carbocycles. The van der Waals surface area contributed by atoms with Crippen molar-refractivity contribution in [1.82, 2.24) is 0 Å². The molecule has 37 heavy (non-hydrogen) atoms. The maximum absolute atomic E-state index is 12.8. The first-order chi connectivity index (χ1) is 17.9. The monoisotopic (exact) mass is 500 g/mol. The minimum Gasteiger partial charge on any atom is -0.491 e. The van der Waals surface area contributed by atoms with Crippen molar-refractivity contribution in [3.8, 4) is 11.8 Å². The van der Waals surface area contributed by atoms with Gasteiger partial charge in [0.25, 0.3) is 0 Å². The zero-order chi connectivity index (χ0) is 26.6. The van der Waals surface area contributed by atoms with Gasteiger partial charge in [-0.15, -0.1) is 0 Å². The molecule has 2 atom stereocenters. The third kappa shape index (κ3) is 7.85. The predicted molar refractivity (Wildman–Crippen MR) is 141 cm³/mol. The summed E-state index contributed by atoms with van der Waals surface area (Å²) < 4.78 is 11.4. The van der Waals surface area contributed by atoms with Gasteiger partial charge in [0.2, 0.25) is 5.91 Å². The van der Waals surface area contributed by atoms with Crippen molar-refractivity contribution in [3.05, 3.63) is 96.1 Å². The van der Waals surface area contributed by atoms with E-state index in [1.165, 1.54) is 6.08 Å². The molecule has 0 saturated carbocycles. The number of benzene rings is 3. The third-order valence-corrected chi connectivity index (χ3v) is 5.32. The average molecular weight is 501 g/mol. The van der Waals surface area contributed by atoms with Crippen molar-refractivity contribution in [2.24, 2.45) is 5.92 Å². The van der Waals surface area contributed by atoms with Crippen molar-refractivity contribution >= 4 is 29.1 Å². The fourth-order valence-electron chi connectivity index (χ4n) is 3.47. The van der Waals surface area contributed by atoms with Crippen LogP contribution in [0.25, 0.3) is 0 Å². The zero-order valence-corrected chi connectivity index (χ0v) is 20.3. The molecule has 0 radical (unpaired) electrons. The lowest BCUT2D eigenvalue weighted by Crippen LogP contribution is -2.22. The van der Waals surface area contributed by atoms with Crippen molar-refractivity contribution < 1.29 is 24.2 Å². The Morgan fingerprint density at radius 2 is 1.76 bits per heavy atom. The number of rotatable bonds is 10. The Balaban J connectivity index is 1.80. The highest BCUT2D eigenvalue weighted by molar-refractivity contribution is 6.01. The van der Waals surface area contributed by atoms with Crippen LogP contribution < -0.4 is 21.1 Å². The summed E-state index contributed by atoms with van der Waals surface area (Å²) in [7, 11) is 0. The number of hydrogen-bond acceptors (Lipinski definition) is 7. The number of anilines is 3. The molecule has 0 saturated heterocycles. The van der Waals surface area contributed by atoms with E-state index in [-0.39, 0.29) is 13.2 Å². The van der Waals surface area contributed by atoms with E-state index >= 15 is 0 Å². The largest absolute Gasteiger partial charge is 0.491 e. The fraction of sp³-hybridized carbons (Fsp3) is 0.179. The zero-order valence-electron chi connectivity index (χ0n) is 20.3.